The molecule has 1 amide bonds. The first-order valence-electron chi connectivity index (χ1n) is 14.2. The van der Waals surface area contributed by atoms with E-state index in [0.29, 0.717) is 18.5 Å². The lowest BCUT2D eigenvalue weighted by Crippen LogP contribution is -2.34. The van der Waals surface area contributed by atoms with Crippen molar-refractivity contribution in [3.8, 4) is 0 Å². The molecule has 3 unspecified atom stereocenters. The van der Waals surface area contributed by atoms with Gasteiger partial charge in [0.05, 0.1) is 22.1 Å². The highest BCUT2D eigenvalue weighted by Gasteiger charge is 2.51. The van der Waals surface area contributed by atoms with Gasteiger partial charge in [0.25, 0.3) is 5.91 Å². The summed E-state index contributed by atoms with van der Waals surface area (Å²) in [5.41, 5.74) is 8.47. The quantitative estimate of drug-likeness (QED) is 0.199. The van der Waals surface area contributed by atoms with Crippen LogP contribution >= 0.6 is 0 Å². The van der Waals surface area contributed by atoms with Crippen LogP contribution in [0.1, 0.15) is 61.0 Å². The summed E-state index contributed by atoms with van der Waals surface area (Å²) >= 11 is 0. The predicted octanol–water partition coefficient (Wildman–Crippen LogP) is 6.77. The summed E-state index contributed by atoms with van der Waals surface area (Å²) < 4.78 is 5.31. The van der Waals surface area contributed by atoms with E-state index in [1.807, 2.05) is 7.05 Å². The Kier molecular flexibility index (Phi) is 4.56. The number of amides is 1. The highest BCUT2D eigenvalue weighted by Crippen LogP contribution is 2.59. The molecule has 0 radical (unpaired) electrons. The van der Waals surface area contributed by atoms with Crippen LogP contribution in [0.5, 0.6) is 0 Å². The zero-order valence-electron chi connectivity index (χ0n) is 22.2. The molecule has 3 atom stereocenters. The molecule has 2 bridgehead atoms. The van der Waals surface area contributed by atoms with Crippen LogP contribution in [-0.2, 0) is 12.1 Å². The lowest BCUT2D eigenvalue weighted by Gasteiger charge is -2.36. The monoisotopic (exact) mass is 502 g/mol. The van der Waals surface area contributed by atoms with Gasteiger partial charge in [-0.2, -0.15) is 0 Å². The van der Waals surface area contributed by atoms with E-state index in [1.54, 1.807) is 0 Å². The van der Waals surface area contributed by atoms with Crippen molar-refractivity contribution in [2.75, 3.05) is 13.6 Å². The lowest BCUT2D eigenvalue weighted by atomic mass is 9.81. The number of allylic oxidation sites excluding steroid dienone is 1. The van der Waals surface area contributed by atoms with E-state index in [1.165, 1.54) is 62.2 Å². The van der Waals surface area contributed by atoms with Crippen molar-refractivity contribution in [1.29, 1.82) is 0 Å². The van der Waals surface area contributed by atoms with Gasteiger partial charge in [-0.25, -0.2) is 0 Å². The molecule has 0 saturated heterocycles. The molecule has 1 saturated carbocycles. The second-order valence-electron chi connectivity index (χ2n) is 11.9. The molecule has 0 spiro atoms. The number of benzene rings is 3. The fourth-order valence-electron chi connectivity index (χ4n) is 8.50. The Labute approximate surface area is 222 Å². The molecule has 2 aromatic heterocycles. The fourth-order valence-corrected chi connectivity index (χ4v) is 8.50. The number of rotatable bonds is 6. The van der Waals surface area contributed by atoms with Crippen molar-refractivity contribution in [2.24, 2.45) is 5.92 Å². The number of fused-ring (bicyclic) bond motifs is 13. The molecule has 5 heteroatoms. The molecule has 3 aromatic carbocycles. The van der Waals surface area contributed by atoms with Crippen molar-refractivity contribution >= 4 is 49.5 Å². The van der Waals surface area contributed by atoms with Crippen LogP contribution in [0.4, 0.5) is 0 Å². The Hall–Kier alpha value is -3.57. The van der Waals surface area contributed by atoms with Crippen LogP contribution in [0.15, 0.2) is 60.7 Å². The van der Waals surface area contributed by atoms with Crippen LogP contribution in [0.25, 0.3) is 43.6 Å². The number of nitrogens with one attached hydrogen (secondary N) is 2. The highest BCUT2D eigenvalue weighted by molar-refractivity contribution is 6.31. The number of aromatic nitrogens is 2. The Morgan fingerprint density at radius 2 is 1.79 bits per heavy atom. The van der Waals surface area contributed by atoms with Gasteiger partial charge in [-0.1, -0.05) is 48.6 Å². The summed E-state index contributed by atoms with van der Waals surface area (Å²) in [6.07, 6.45) is 5.59. The van der Waals surface area contributed by atoms with Gasteiger partial charge in [0.1, 0.15) is 0 Å². The average Bonchev–Trinajstić information content (AvgIpc) is 3.64. The normalized spacial score (nSPS) is 23.7. The van der Waals surface area contributed by atoms with Crippen LogP contribution in [-0.4, -0.2) is 28.6 Å². The standard InChI is InChI=1S/C33H34N4O/c1-19(10-8-9-15-34-3)24-16-20-17-33(24,2)37-26-14-7-5-12-22(26)27-23-18-35-32(38)29(23)28-21-11-4-6-13-25(21)36(20)30(28)31(27)37/h4-7,11-14,20,24,34H,1,8-10,15-18H2,2-3H3,(H,35,38). The maximum Gasteiger partial charge on any atom is 0.252 e. The number of unbranched alkanes of at least 4 members (excludes halogenated alkanes) is 1. The van der Waals surface area contributed by atoms with Crippen molar-refractivity contribution in [3.05, 3.63) is 71.8 Å². The molecule has 3 aliphatic rings. The molecular weight excluding hydrogens is 468 g/mol. The van der Waals surface area contributed by atoms with Gasteiger partial charge in [-0.05, 0) is 70.3 Å². The number of carbonyl (C=O) groups excluding carboxylic acids is 1. The molecule has 5 nitrogen and oxygen atoms in total. The SMILES string of the molecule is C=C(CCCCNC)C1CC2CC1(C)n1c3ccccc3c3c4c(c5c6ccccc6n2c5c31)C(=O)NC4. The summed E-state index contributed by atoms with van der Waals surface area (Å²) in [6.45, 7) is 8.86. The topological polar surface area (TPSA) is 51.0 Å². The summed E-state index contributed by atoms with van der Waals surface area (Å²) in [4.78, 5) is 13.4. The lowest BCUT2D eigenvalue weighted by molar-refractivity contribution is 0.0967. The molecule has 38 heavy (non-hydrogen) atoms. The van der Waals surface area contributed by atoms with E-state index >= 15 is 0 Å². The summed E-state index contributed by atoms with van der Waals surface area (Å²) in [7, 11) is 2.03. The third-order valence-electron chi connectivity index (χ3n) is 9.97. The molecule has 8 rings (SSSR count). The minimum absolute atomic E-state index is 0.0649. The van der Waals surface area contributed by atoms with E-state index in [0.717, 1.165) is 36.8 Å². The largest absolute Gasteiger partial charge is 0.348 e. The average molecular weight is 503 g/mol. The molecule has 2 N–H and O–H groups in total. The minimum Gasteiger partial charge on any atom is -0.348 e. The van der Waals surface area contributed by atoms with Crippen LogP contribution in [0, 0.1) is 5.92 Å². The third-order valence-corrected chi connectivity index (χ3v) is 9.97. The van der Waals surface area contributed by atoms with Gasteiger partial charge in [-0.3, -0.25) is 4.79 Å². The Bertz CT molecular complexity index is 1840. The van der Waals surface area contributed by atoms with E-state index in [9.17, 15) is 4.79 Å². The molecule has 2 aliphatic heterocycles. The third kappa shape index (κ3) is 2.63. The first kappa shape index (κ1) is 22.4. The second kappa shape index (κ2) is 7.73. The number of hydrogen-bond acceptors (Lipinski definition) is 2. The molecule has 5 aromatic rings. The number of nitrogens with zero attached hydrogens (tertiary/aromatic N) is 2. The summed E-state index contributed by atoms with van der Waals surface area (Å²) in [6, 6.07) is 18.0. The van der Waals surface area contributed by atoms with Crippen LogP contribution in [0.2, 0.25) is 0 Å². The van der Waals surface area contributed by atoms with Crippen molar-refractivity contribution in [2.45, 2.75) is 57.2 Å². The maximum atomic E-state index is 13.4. The first-order valence-corrected chi connectivity index (χ1v) is 14.2. The van der Waals surface area contributed by atoms with Crippen molar-refractivity contribution < 1.29 is 4.79 Å². The smallest absolute Gasteiger partial charge is 0.252 e. The van der Waals surface area contributed by atoms with Gasteiger partial charge in [0, 0.05) is 51.1 Å². The number of carbonyl (C=O) groups is 1. The Morgan fingerprint density at radius 1 is 1.05 bits per heavy atom. The Morgan fingerprint density at radius 3 is 2.58 bits per heavy atom. The fraction of sp³-hybridized carbons (Fsp3) is 0.364. The molecule has 192 valence electrons. The summed E-state index contributed by atoms with van der Waals surface area (Å²) in [5, 5.41) is 11.3. The van der Waals surface area contributed by atoms with Gasteiger partial charge in [0.15, 0.2) is 0 Å². The zero-order valence-corrected chi connectivity index (χ0v) is 22.2. The maximum absolute atomic E-state index is 13.4. The van der Waals surface area contributed by atoms with Crippen LogP contribution in [0.3, 0.4) is 0 Å². The first-order chi connectivity index (χ1) is 18.5. The van der Waals surface area contributed by atoms with Crippen LogP contribution < -0.4 is 10.6 Å². The molecule has 1 fully saturated rings. The Balaban J connectivity index is 1.50. The molecular formula is C33H34N4O. The van der Waals surface area contributed by atoms with Crippen molar-refractivity contribution in [1.82, 2.24) is 19.8 Å². The van der Waals surface area contributed by atoms with Gasteiger partial charge >= 0.3 is 0 Å². The molecule has 4 heterocycles. The minimum atomic E-state index is -0.0799. The van der Waals surface area contributed by atoms with Gasteiger partial charge < -0.3 is 19.8 Å². The highest BCUT2D eigenvalue weighted by atomic mass is 16.1. The van der Waals surface area contributed by atoms with Crippen molar-refractivity contribution in [3.63, 3.8) is 0 Å². The molecule has 1 aliphatic carbocycles. The van der Waals surface area contributed by atoms with E-state index in [2.05, 4.69) is 75.2 Å². The number of para-hydroxylation sites is 2. The zero-order chi connectivity index (χ0) is 25.8. The second-order valence-corrected chi connectivity index (χ2v) is 11.9. The number of hydrogen-bond donors (Lipinski definition) is 2. The van der Waals surface area contributed by atoms with E-state index in [-0.39, 0.29) is 11.4 Å². The predicted molar refractivity (Wildman–Crippen MR) is 156 cm³/mol. The van der Waals surface area contributed by atoms with Gasteiger partial charge in [0.2, 0.25) is 0 Å². The summed E-state index contributed by atoms with van der Waals surface area (Å²) in [5.74, 6) is 0.466. The van der Waals surface area contributed by atoms with E-state index < -0.39 is 0 Å². The van der Waals surface area contributed by atoms with E-state index in [4.69, 9.17) is 6.58 Å². The van der Waals surface area contributed by atoms with Gasteiger partial charge in [-0.15, -0.1) is 0 Å².